The number of likely N-dealkylation sites (N-methyl/N-ethyl adjacent to an activating group) is 1. The maximum Gasteiger partial charge on any atom is 0.128 e. The van der Waals surface area contributed by atoms with Crippen molar-refractivity contribution in [2.75, 3.05) is 38.8 Å². The van der Waals surface area contributed by atoms with Gasteiger partial charge in [-0.3, -0.25) is 0 Å². The molecular formula is C14H23N3O. The molecule has 1 N–H and O–H groups in total. The lowest BCUT2D eigenvalue weighted by Crippen LogP contribution is -2.23. The smallest absolute Gasteiger partial charge is 0.128 e. The zero-order chi connectivity index (χ0) is 12.8. The number of anilines is 1. The monoisotopic (exact) mass is 249 g/mol. The molecule has 1 aliphatic rings. The van der Waals surface area contributed by atoms with Gasteiger partial charge < -0.3 is 15.0 Å². The van der Waals surface area contributed by atoms with Crippen LogP contribution < -0.4 is 10.2 Å². The SMILES string of the molecule is CNCc1ccc(N(C)CCOCC2CC2)nc1. The van der Waals surface area contributed by atoms with Crippen LogP contribution in [-0.4, -0.2) is 38.8 Å². The first kappa shape index (κ1) is 13.3. The Hall–Kier alpha value is -1.13. The number of aromatic nitrogens is 1. The van der Waals surface area contributed by atoms with Crippen LogP contribution in [0.4, 0.5) is 5.82 Å². The predicted octanol–water partition coefficient (Wildman–Crippen LogP) is 1.66. The highest BCUT2D eigenvalue weighted by molar-refractivity contribution is 5.38. The quantitative estimate of drug-likeness (QED) is 0.711. The molecule has 4 nitrogen and oxygen atoms in total. The second-order valence-corrected chi connectivity index (χ2v) is 4.99. The summed E-state index contributed by atoms with van der Waals surface area (Å²) in [5.74, 6) is 1.85. The molecule has 0 atom stereocenters. The minimum atomic E-state index is 0.785. The van der Waals surface area contributed by atoms with Crippen molar-refractivity contribution in [3.8, 4) is 0 Å². The highest BCUT2D eigenvalue weighted by Crippen LogP contribution is 2.28. The van der Waals surface area contributed by atoms with Gasteiger partial charge >= 0.3 is 0 Å². The highest BCUT2D eigenvalue weighted by Gasteiger charge is 2.20. The summed E-state index contributed by atoms with van der Waals surface area (Å²) in [6, 6.07) is 4.17. The molecule has 0 saturated heterocycles. The van der Waals surface area contributed by atoms with Gasteiger partial charge in [-0.25, -0.2) is 4.98 Å². The van der Waals surface area contributed by atoms with Crippen LogP contribution in [0.5, 0.6) is 0 Å². The van der Waals surface area contributed by atoms with Crippen LogP contribution in [0.1, 0.15) is 18.4 Å². The number of hydrogen-bond donors (Lipinski definition) is 1. The van der Waals surface area contributed by atoms with Crippen LogP contribution in [0.25, 0.3) is 0 Å². The first-order chi connectivity index (χ1) is 8.79. The van der Waals surface area contributed by atoms with Crippen molar-refractivity contribution in [1.29, 1.82) is 0 Å². The molecule has 2 rings (SSSR count). The first-order valence-corrected chi connectivity index (χ1v) is 6.68. The molecule has 1 aromatic rings. The van der Waals surface area contributed by atoms with Crippen molar-refractivity contribution >= 4 is 5.82 Å². The third kappa shape index (κ3) is 4.27. The van der Waals surface area contributed by atoms with Crippen LogP contribution in [0.3, 0.4) is 0 Å². The third-order valence-electron chi connectivity index (χ3n) is 3.20. The van der Waals surface area contributed by atoms with Gasteiger partial charge in [0.05, 0.1) is 6.61 Å². The summed E-state index contributed by atoms with van der Waals surface area (Å²) in [6.07, 6.45) is 4.63. The van der Waals surface area contributed by atoms with Crippen LogP contribution in [0.2, 0.25) is 0 Å². The minimum absolute atomic E-state index is 0.785. The summed E-state index contributed by atoms with van der Waals surface area (Å²) in [5.41, 5.74) is 1.21. The molecule has 1 saturated carbocycles. The van der Waals surface area contributed by atoms with Crippen molar-refractivity contribution in [3.05, 3.63) is 23.9 Å². The maximum absolute atomic E-state index is 5.63. The lowest BCUT2D eigenvalue weighted by molar-refractivity contribution is 0.131. The summed E-state index contributed by atoms with van der Waals surface area (Å²) in [6.45, 7) is 3.47. The Balaban J connectivity index is 1.70. The molecule has 0 spiro atoms. The minimum Gasteiger partial charge on any atom is -0.379 e. The molecule has 0 amide bonds. The fraction of sp³-hybridized carbons (Fsp3) is 0.643. The summed E-state index contributed by atoms with van der Waals surface area (Å²) in [4.78, 5) is 6.59. The third-order valence-corrected chi connectivity index (χ3v) is 3.20. The Morgan fingerprint density at radius 2 is 2.28 bits per heavy atom. The van der Waals surface area contributed by atoms with Crippen molar-refractivity contribution < 1.29 is 4.74 Å². The number of rotatable bonds is 8. The largest absolute Gasteiger partial charge is 0.379 e. The molecule has 0 radical (unpaired) electrons. The van der Waals surface area contributed by atoms with Gasteiger partial charge in [-0.15, -0.1) is 0 Å². The summed E-state index contributed by atoms with van der Waals surface area (Å²) in [7, 11) is 4.00. The highest BCUT2D eigenvalue weighted by atomic mass is 16.5. The molecule has 1 aromatic heterocycles. The van der Waals surface area contributed by atoms with E-state index >= 15 is 0 Å². The van der Waals surface area contributed by atoms with Gasteiger partial charge in [-0.1, -0.05) is 6.07 Å². The van der Waals surface area contributed by atoms with Crippen LogP contribution in [0, 0.1) is 5.92 Å². The molecule has 0 unspecified atom stereocenters. The summed E-state index contributed by atoms with van der Waals surface area (Å²) in [5, 5.41) is 3.12. The van der Waals surface area contributed by atoms with Gasteiger partial charge in [0, 0.05) is 32.9 Å². The maximum atomic E-state index is 5.63. The van der Waals surface area contributed by atoms with Gasteiger partial charge in [-0.2, -0.15) is 0 Å². The van der Waals surface area contributed by atoms with Gasteiger partial charge in [0.2, 0.25) is 0 Å². The number of nitrogens with one attached hydrogen (secondary N) is 1. The number of hydrogen-bond acceptors (Lipinski definition) is 4. The van der Waals surface area contributed by atoms with Gasteiger partial charge in [0.25, 0.3) is 0 Å². The normalized spacial score (nSPS) is 14.8. The Morgan fingerprint density at radius 3 is 2.89 bits per heavy atom. The molecular weight excluding hydrogens is 226 g/mol. The zero-order valence-electron chi connectivity index (χ0n) is 11.4. The van der Waals surface area contributed by atoms with Crippen LogP contribution in [-0.2, 0) is 11.3 Å². The standard InChI is InChI=1S/C14H23N3O/c1-15-9-13-5-6-14(16-10-13)17(2)7-8-18-11-12-3-4-12/h5-6,10,12,15H,3-4,7-9,11H2,1-2H3. The number of nitrogens with zero attached hydrogens (tertiary/aromatic N) is 2. The van der Waals surface area contributed by atoms with Crippen molar-refractivity contribution in [2.45, 2.75) is 19.4 Å². The second-order valence-electron chi connectivity index (χ2n) is 4.99. The van der Waals surface area contributed by atoms with Crippen molar-refractivity contribution in [3.63, 3.8) is 0 Å². The molecule has 0 bridgehead atoms. The van der Waals surface area contributed by atoms with E-state index in [0.29, 0.717) is 0 Å². The second kappa shape index (κ2) is 6.71. The van der Waals surface area contributed by atoms with Gasteiger partial charge in [0.1, 0.15) is 5.82 Å². The molecule has 0 aliphatic heterocycles. The lowest BCUT2D eigenvalue weighted by Gasteiger charge is -2.18. The van der Waals surface area contributed by atoms with Crippen molar-refractivity contribution in [2.24, 2.45) is 5.92 Å². The van der Waals surface area contributed by atoms with E-state index in [1.807, 2.05) is 13.2 Å². The Labute approximate surface area is 109 Å². The van der Waals surface area contributed by atoms with Crippen LogP contribution in [0.15, 0.2) is 18.3 Å². The van der Waals surface area contributed by atoms with E-state index in [9.17, 15) is 0 Å². The fourth-order valence-corrected chi connectivity index (χ4v) is 1.80. The summed E-state index contributed by atoms with van der Waals surface area (Å²) >= 11 is 0. The molecule has 18 heavy (non-hydrogen) atoms. The van der Waals surface area contributed by atoms with Crippen LogP contribution >= 0.6 is 0 Å². The van der Waals surface area contributed by atoms with Gasteiger partial charge in [-0.05, 0) is 37.4 Å². The molecule has 100 valence electrons. The Bertz CT molecular complexity index is 349. The van der Waals surface area contributed by atoms with E-state index in [1.165, 1.54) is 18.4 Å². The van der Waals surface area contributed by atoms with E-state index in [1.54, 1.807) is 0 Å². The summed E-state index contributed by atoms with van der Waals surface area (Å²) < 4.78 is 5.63. The molecule has 0 aromatic carbocycles. The zero-order valence-corrected chi connectivity index (χ0v) is 11.4. The molecule has 1 heterocycles. The van der Waals surface area contributed by atoms with E-state index in [-0.39, 0.29) is 0 Å². The molecule has 1 fully saturated rings. The average Bonchev–Trinajstić information content (AvgIpc) is 3.20. The van der Waals surface area contributed by atoms with E-state index in [4.69, 9.17) is 4.74 Å². The predicted molar refractivity (Wildman–Crippen MR) is 73.8 cm³/mol. The van der Waals surface area contributed by atoms with E-state index < -0.39 is 0 Å². The molecule has 1 aliphatic carbocycles. The number of pyridine rings is 1. The lowest BCUT2D eigenvalue weighted by atomic mass is 10.3. The Kier molecular flexibility index (Phi) is 4.96. The number of ether oxygens (including phenoxy) is 1. The fourth-order valence-electron chi connectivity index (χ4n) is 1.80. The average molecular weight is 249 g/mol. The van der Waals surface area contributed by atoms with Gasteiger partial charge in [0.15, 0.2) is 0 Å². The Morgan fingerprint density at radius 1 is 1.44 bits per heavy atom. The first-order valence-electron chi connectivity index (χ1n) is 6.68. The topological polar surface area (TPSA) is 37.4 Å². The molecule has 4 heteroatoms. The van der Waals surface area contributed by atoms with E-state index in [0.717, 1.165) is 38.0 Å². The van der Waals surface area contributed by atoms with E-state index in [2.05, 4.69) is 34.4 Å². The van der Waals surface area contributed by atoms with Crippen molar-refractivity contribution in [1.82, 2.24) is 10.3 Å².